The van der Waals surface area contributed by atoms with Crippen molar-refractivity contribution in [2.45, 2.75) is 18.6 Å². The molecule has 1 aliphatic heterocycles. The van der Waals surface area contributed by atoms with Crippen molar-refractivity contribution in [3.8, 4) is 11.3 Å². The van der Waals surface area contributed by atoms with Gasteiger partial charge in [-0.15, -0.1) is 0 Å². The summed E-state index contributed by atoms with van der Waals surface area (Å²) in [4.78, 5) is 31.0. The van der Waals surface area contributed by atoms with Gasteiger partial charge in [-0.25, -0.2) is 9.97 Å². The van der Waals surface area contributed by atoms with Crippen molar-refractivity contribution in [2.75, 3.05) is 18.0 Å². The van der Waals surface area contributed by atoms with E-state index in [2.05, 4.69) is 25.3 Å². The maximum Gasteiger partial charge on any atom is 0.416 e. The fourth-order valence-corrected chi connectivity index (χ4v) is 3.23. The molecule has 7 nitrogen and oxygen atoms in total. The predicted molar refractivity (Wildman–Crippen MR) is 103 cm³/mol. The molecule has 1 atom stereocenters. The molecular formula is C20H17F3N6O. The molecule has 4 heterocycles. The molecule has 0 bridgehead atoms. The van der Waals surface area contributed by atoms with Crippen molar-refractivity contribution in [3.05, 3.63) is 66.4 Å². The van der Waals surface area contributed by atoms with Gasteiger partial charge in [-0.2, -0.15) is 13.2 Å². The van der Waals surface area contributed by atoms with Crippen molar-refractivity contribution in [1.29, 1.82) is 0 Å². The second kappa shape index (κ2) is 8.05. The van der Waals surface area contributed by atoms with Crippen molar-refractivity contribution < 1.29 is 18.0 Å². The molecule has 0 saturated carbocycles. The van der Waals surface area contributed by atoms with Crippen LogP contribution >= 0.6 is 0 Å². The third-order valence-corrected chi connectivity index (χ3v) is 4.73. The van der Waals surface area contributed by atoms with Gasteiger partial charge in [0.2, 0.25) is 5.95 Å². The molecular weight excluding hydrogens is 397 g/mol. The molecule has 30 heavy (non-hydrogen) atoms. The van der Waals surface area contributed by atoms with E-state index in [1.54, 1.807) is 24.7 Å². The second-order valence-electron chi connectivity index (χ2n) is 6.82. The van der Waals surface area contributed by atoms with Crippen molar-refractivity contribution in [3.63, 3.8) is 0 Å². The topological polar surface area (TPSA) is 83.9 Å². The average molecular weight is 414 g/mol. The van der Waals surface area contributed by atoms with E-state index >= 15 is 0 Å². The summed E-state index contributed by atoms with van der Waals surface area (Å²) in [6, 6.07) is 6.84. The second-order valence-corrected chi connectivity index (χ2v) is 6.82. The molecule has 0 radical (unpaired) electrons. The molecule has 0 aliphatic carbocycles. The van der Waals surface area contributed by atoms with Crippen LogP contribution in [0, 0.1) is 0 Å². The molecule has 1 saturated heterocycles. The molecule has 4 rings (SSSR count). The minimum Gasteiger partial charge on any atom is -0.346 e. The van der Waals surface area contributed by atoms with Crippen LogP contribution in [0.25, 0.3) is 11.3 Å². The molecule has 10 heteroatoms. The largest absolute Gasteiger partial charge is 0.416 e. The quantitative estimate of drug-likeness (QED) is 0.707. The van der Waals surface area contributed by atoms with Gasteiger partial charge >= 0.3 is 6.18 Å². The van der Waals surface area contributed by atoms with Crippen LogP contribution in [0.15, 0.2) is 55.1 Å². The van der Waals surface area contributed by atoms with Crippen LogP contribution in [-0.2, 0) is 6.18 Å². The van der Waals surface area contributed by atoms with Gasteiger partial charge in [0.15, 0.2) is 0 Å². The van der Waals surface area contributed by atoms with Gasteiger partial charge in [0.1, 0.15) is 5.69 Å². The zero-order valence-corrected chi connectivity index (χ0v) is 15.7. The average Bonchev–Trinajstić information content (AvgIpc) is 3.22. The molecule has 154 valence electrons. The number of nitrogens with one attached hydrogen (secondary N) is 1. The molecule has 1 fully saturated rings. The van der Waals surface area contributed by atoms with E-state index in [9.17, 15) is 18.0 Å². The molecule has 0 aromatic carbocycles. The zero-order chi connectivity index (χ0) is 21.1. The van der Waals surface area contributed by atoms with E-state index < -0.39 is 17.6 Å². The Balaban J connectivity index is 1.42. The first-order chi connectivity index (χ1) is 14.4. The molecule has 3 aromatic rings. The molecule has 1 unspecified atom stereocenters. The summed E-state index contributed by atoms with van der Waals surface area (Å²) in [6.45, 7) is 1.05. The summed E-state index contributed by atoms with van der Waals surface area (Å²) >= 11 is 0. The van der Waals surface area contributed by atoms with Gasteiger partial charge in [-0.1, -0.05) is 0 Å². The third-order valence-electron chi connectivity index (χ3n) is 4.73. The highest BCUT2D eigenvalue weighted by Crippen LogP contribution is 2.29. The van der Waals surface area contributed by atoms with E-state index in [-0.39, 0.29) is 11.7 Å². The lowest BCUT2D eigenvalue weighted by Gasteiger charge is -2.17. The van der Waals surface area contributed by atoms with Crippen LogP contribution in [0.2, 0.25) is 0 Å². The molecule has 1 aliphatic rings. The SMILES string of the molecule is O=C(NC1CCN(c2nccc(-c3cccnc3)n2)C1)c1cc(C(F)(F)F)ccn1. The maximum absolute atomic E-state index is 12.8. The Bertz CT molecular complexity index is 1040. The van der Waals surface area contributed by atoms with Crippen molar-refractivity contribution >= 4 is 11.9 Å². The number of nitrogens with zero attached hydrogens (tertiary/aromatic N) is 5. The Kier molecular flexibility index (Phi) is 5.30. The summed E-state index contributed by atoms with van der Waals surface area (Å²) < 4.78 is 38.5. The van der Waals surface area contributed by atoms with Crippen molar-refractivity contribution in [2.24, 2.45) is 0 Å². The number of carbonyl (C=O) groups excluding carboxylic acids is 1. The predicted octanol–water partition coefficient (Wildman–Crippen LogP) is 2.96. The lowest BCUT2D eigenvalue weighted by Crippen LogP contribution is -2.37. The van der Waals surface area contributed by atoms with Crippen LogP contribution in [-0.4, -0.2) is 45.0 Å². The highest BCUT2D eigenvalue weighted by molar-refractivity contribution is 5.92. The van der Waals surface area contributed by atoms with Gasteiger partial charge in [-0.05, 0) is 36.8 Å². The van der Waals surface area contributed by atoms with E-state index in [1.807, 2.05) is 17.0 Å². The van der Waals surface area contributed by atoms with Crippen LogP contribution in [0.1, 0.15) is 22.5 Å². The Labute approximate surface area is 170 Å². The van der Waals surface area contributed by atoms with Crippen LogP contribution < -0.4 is 10.2 Å². The fourth-order valence-electron chi connectivity index (χ4n) is 3.23. The van der Waals surface area contributed by atoms with Gasteiger partial charge in [0.05, 0.1) is 11.3 Å². The number of hydrogen-bond acceptors (Lipinski definition) is 6. The Hall–Kier alpha value is -3.56. The highest BCUT2D eigenvalue weighted by atomic mass is 19.4. The van der Waals surface area contributed by atoms with Crippen LogP contribution in [0.5, 0.6) is 0 Å². The Morgan fingerprint density at radius 2 is 1.97 bits per heavy atom. The number of carbonyl (C=O) groups is 1. The number of aromatic nitrogens is 4. The van der Waals surface area contributed by atoms with Gasteiger partial charge < -0.3 is 10.2 Å². The van der Waals surface area contributed by atoms with Crippen LogP contribution in [0.4, 0.5) is 19.1 Å². The molecule has 1 amide bonds. The lowest BCUT2D eigenvalue weighted by atomic mass is 10.2. The Morgan fingerprint density at radius 3 is 2.73 bits per heavy atom. The number of alkyl halides is 3. The van der Waals surface area contributed by atoms with E-state index in [0.717, 1.165) is 29.6 Å². The van der Waals surface area contributed by atoms with Gasteiger partial charge in [-0.3, -0.25) is 14.8 Å². The number of amides is 1. The molecule has 3 aromatic heterocycles. The first-order valence-electron chi connectivity index (χ1n) is 9.22. The van der Waals surface area contributed by atoms with Crippen molar-refractivity contribution in [1.82, 2.24) is 25.3 Å². The molecule has 0 spiro atoms. The highest BCUT2D eigenvalue weighted by Gasteiger charge is 2.32. The zero-order valence-electron chi connectivity index (χ0n) is 15.7. The summed E-state index contributed by atoms with van der Waals surface area (Å²) in [5.74, 6) is -0.122. The summed E-state index contributed by atoms with van der Waals surface area (Å²) in [5.41, 5.74) is 0.420. The number of halogens is 3. The number of hydrogen-bond donors (Lipinski definition) is 1. The minimum absolute atomic E-state index is 0.250. The number of pyridine rings is 2. The standard InChI is InChI=1S/C20H17F3N6O/c21-20(22,23)14-3-7-25-17(10-14)18(30)27-15-5-9-29(12-15)19-26-8-4-16(28-19)13-2-1-6-24-11-13/h1-4,6-8,10-11,15H,5,9,12H2,(H,27,30). The van der Waals surface area contributed by atoms with Gasteiger partial charge in [0.25, 0.3) is 5.91 Å². The first-order valence-corrected chi connectivity index (χ1v) is 9.22. The lowest BCUT2D eigenvalue weighted by molar-refractivity contribution is -0.137. The maximum atomic E-state index is 12.8. The van der Waals surface area contributed by atoms with Gasteiger partial charge in [0, 0.05) is 49.5 Å². The minimum atomic E-state index is -4.53. The number of rotatable bonds is 4. The third kappa shape index (κ3) is 4.37. The smallest absolute Gasteiger partial charge is 0.346 e. The monoisotopic (exact) mass is 414 g/mol. The summed E-state index contributed by atoms with van der Waals surface area (Å²) in [5, 5.41) is 2.74. The van der Waals surface area contributed by atoms with Crippen LogP contribution in [0.3, 0.4) is 0 Å². The van der Waals surface area contributed by atoms with E-state index in [0.29, 0.717) is 25.5 Å². The summed E-state index contributed by atoms with van der Waals surface area (Å²) in [6.07, 6.45) is 2.11. The normalized spacial score (nSPS) is 16.5. The summed E-state index contributed by atoms with van der Waals surface area (Å²) in [7, 11) is 0. The van der Waals surface area contributed by atoms with E-state index in [4.69, 9.17) is 0 Å². The molecule has 1 N–H and O–H groups in total. The Morgan fingerprint density at radius 1 is 1.13 bits per heavy atom. The fraction of sp³-hybridized carbons (Fsp3) is 0.250. The number of anilines is 1. The first kappa shape index (κ1) is 19.7. The van der Waals surface area contributed by atoms with E-state index in [1.165, 1.54) is 0 Å².